The zero-order valence-electron chi connectivity index (χ0n) is 13.8. The second kappa shape index (κ2) is 8.06. The second-order valence-electron chi connectivity index (χ2n) is 5.04. The van der Waals surface area contributed by atoms with Gasteiger partial charge in [-0.25, -0.2) is 8.42 Å². The van der Waals surface area contributed by atoms with Crippen LogP contribution in [0.5, 0.6) is 11.5 Å². The Balaban J connectivity index is 2.34. The normalized spacial score (nSPS) is 11.2. The third-order valence-corrected chi connectivity index (χ3v) is 5.79. The van der Waals surface area contributed by atoms with E-state index in [9.17, 15) is 8.42 Å². The molecule has 2 aromatic rings. The molecule has 130 valence electrons. The van der Waals surface area contributed by atoms with Crippen LogP contribution in [0, 0.1) is 10.5 Å². The molecule has 2 aromatic carbocycles. The number of halogens is 1. The highest BCUT2D eigenvalue weighted by Gasteiger charge is 2.18. The summed E-state index contributed by atoms with van der Waals surface area (Å²) in [6.07, 6.45) is 0. The lowest BCUT2D eigenvalue weighted by molar-refractivity contribution is 0.287. The lowest BCUT2D eigenvalue weighted by atomic mass is 10.2. The number of anilines is 1. The Morgan fingerprint density at radius 3 is 2.29 bits per heavy atom. The van der Waals surface area contributed by atoms with Gasteiger partial charge in [-0.05, 0) is 73.2 Å². The molecule has 0 amide bonds. The molecule has 0 unspecified atom stereocenters. The van der Waals surface area contributed by atoms with Crippen molar-refractivity contribution in [2.75, 3.05) is 17.9 Å². The zero-order chi connectivity index (χ0) is 17.7. The highest BCUT2D eigenvalue weighted by Crippen LogP contribution is 2.31. The molecule has 0 heterocycles. The molecule has 2 rings (SSSR count). The maximum atomic E-state index is 12.6. The minimum Gasteiger partial charge on any atom is -0.490 e. The van der Waals surface area contributed by atoms with Gasteiger partial charge in [0, 0.05) is 15.3 Å². The van der Waals surface area contributed by atoms with E-state index in [1.165, 1.54) is 12.1 Å². The van der Waals surface area contributed by atoms with Crippen molar-refractivity contribution in [2.24, 2.45) is 0 Å². The Bertz CT molecular complexity index is 821. The largest absolute Gasteiger partial charge is 0.490 e. The molecule has 0 aliphatic heterocycles. The number of hydrogen-bond donors (Lipinski definition) is 1. The van der Waals surface area contributed by atoms with Crippen molar-refractivity contribution in [1.82, 2.24) is 0 Å². The maximum Gasteiger partial charge on any atom is 0.262 e. The Morgan fingerprint density at radius 1 is 1.00 bits per heavy atom. The van der Waals surface area contributed by atoms with Crippen molar-refractivity contribution >= 4 is 38.3 Å². The summed E-state index contributed by atoms with van der Waals surface area (Å²) in [5, 5.41) is 0. The summed E-state index contributed by atoms with van der Waals surface area (Å²) in [6.45, 7) is 6.57. The van der Waals surface area contributed by atoms with Crippen LogP contribution in [-0.4, -0.2) is 21.6 Å². The van der Waals surface area contributed by atoms with Gasteiger partial charge in [0.25, 0.3) is 10.0 Å². The van der Waals surface area contributed by atoms with Gasteiger partial charge in [-0.2, -0.15) is 0 Å². The van der Waals surface area contributed by atoms with Crippen molar-refractivity contribution in [3.8, 4) is 11.5 Å². The number of ether oxygens (including phenoxy) is 2. The third-order valence-electron chi connectivity index (χ3n) is 3.25. The van der Waals surface area contributed by atoms with Crippen molar-refractivity contribution in [3.05, 3.63) is 45.5 Å². The molecular formula is C17H20INO4S. The summed E-state index contributed by atoms with van der Waals surface area (Å²) in [7, 11) is -3.70. The number of nitrogens with one attached hydrogen (secondary N) is 1. The minimum absolute atomic E-state index is 0.130. The molecule has 0 aliphatic rings. The van der Waals surface area contributed by atoms with Gasteiger partial charge in [-0.15, -0.1) is 0 Å². The minimum atomic E-state index is -3.70. The molecule has 0 aliphatic carbocycles. The van der Waals surface area contributed by atoms with E-state index >= 15 is 0 Å². The summed E-state index contributed by atoms with van der Waals surface area (Å²) in [5.41, 5.74) is 1.62. The predicted octanol–water partition coefficient (Wildman–Crippen LogP) is 4.20. The quantitative estimate of drug-likeness (QED) is 0.628. The van der Waals surface area contributed by atoms with Gasteiger partial charge in [-0.3, -0.25) is 4.72 Å². The molecule has 0 bridgehead atoms. The van der Waals surface area contributed by atoms with Gasteiger partial charge < -0.3 is 9.47 Å². The molecule has 1 N–H and O–H groups in total. The van der Waals surface area contributed by atoms with Crippen LogP contribution in [-0.2, 0) is 10.0 Å². The molecular weight excluding hydrogens is 441 g/mol. The van der Waals surface area contributed by atoms with Crippen LogP contribution in [0.3, 0.4) is 0 Å². The van der Waals surface area contributed by atoms with Crippen LogP contribution in [0.1, 0.15) is 19.4 Å². The lowest BCUT2D eigenvalue weighted by Crippen LogP contribution is -2.13. The average molecular weight is 461 g/mol. The smallest absolute Gasteiger partial charge is 0.262 e. The first-order chi connectivity index (χ1) is 11.4. The summed E-state index contributed by atoms with van der Waals surface area (Å²) >= 11 is 2.17. The van der Waals surface area contributed by atoms with Gasteiger partial charge >= 0.3 is 0 Å². The van der Waals surface area contributed by atoms with E-state index < -0.39 is 10.0 Å². The molecule has 5 nitrogen and oxygen atoms in total. The van der Waals surface area contributed by atoms with E-state index in [-0.39, 0.29) is 4.90 Å². The van der Waals surface area contributed by atoms with Crippen LogP contribution < -0.4 is 14.2 Å². The molecule has 0 aromatic heterocycles. The number of aryl methyl sites for hydroxylation is 1. The number of benzene rings is 2. The van der Waals surface area contributed by atoms with E-state index in [0.29, 0.717) is 30.4 Å². The summed E-state index contributed by atoms with van der Waals surface area (Å²) in [6, 6.07) is 10.0. The Kier molecular flexibility index (Phi) is 6.34. The molecule has 24 heavy (non-hydrogen) atoms. The standard InChI is InChI=1S/C17H20INO4S/c1-4-22-16-9-8-14(11-17(16)23-5-2)24(20,21)19-13-7-6-12(3)15(18)10-13/h6-11,19H,4-5H2,1-3H3. The first kappa shape index (κ1) is 18.9. The van der Waals surface area contributed by atoms with Crippen molar-refractivity contribution in [2.45, 2.75) is 25.7 Å². The Morgan fingerprint density at radius 2 is 1.67 bits per heavy atom. The van der Waals surface area contributed by atoms with E-state index in [0.717, 1.165) is 9.13 Å². The van der Waals surface area contributed by atoms with Crippen LogP contribution in [0.4, 0.5) is 5.69 Å². The fraction of sp³-hybridized carbons (Fsp3) is 0.294. The van der Waals surface area contributed by atoms with Gasteiger partial charge in [0.15, 0.2) is 11.5 Å². The van der Waals surface area contributed by atoms with E-state index in [4.69, 9.17) is 9.47 Å². The highest BCUT2D eigenvalue weighted by molar-refractivity contribution is 14.1. The molecule has 0 saturated carbocycles. The lowest BCUT2D eigenvalue weighted by Gasteiger charge is -2.14. The first-order valence-corrected chi connectivity index (χ1v) is 10.1. The number of sulfonamides is 1. The van der Waals surface area contributed by atoms with E-state index in [1.54, 1.807) is 18.2 Å². The fourth-order valence-corrected chi connectivity index (χ4v) is 3.65. The highest BCUT2D eigenvalue weighted by atomic mass is 127. The number of rotatable bonds is 7. The van der Waals surface area contributed by atoms with Gasteiger partial charge in [0.2, 0.25) is 0 Å². The van der Waals surface area contributed by atoms with Gasteiger partial charge in [0.05, 0.1) is 18.1 Å². The second-order valence-corrected chi connectivity index (χ2v) is 7.89. The summed E-state index contributed by atoms with van der Waals surface area (Å²) < 4.78 is 39.8. The molecule has 0 radical (unpaired) electrons. The monoisotopic (exact) mass is 461 g/mol. The van der Waals surface area contributed by atoms with Crippen molar-refractivity contribution < 1.29 is 17.9 Å². The molecule has 0 spiro atoms. The van der Waals surface area contributed by atoms with Crippen molar-refractivity contribution in [3.63, 3.8) is 0 Å². The van der Waals surface area contributed by atoms with Crippen molar-refractivity contribution in [1.29, 1.82) is 0 Å². The first-order valence-electron chi connectivity index (χ1n) is 7.56. The Labute approximate surface area is 156 Å². The summed E-state index contributed by atoms with van der Waals surface area (Å²) in [5.74, 6) is 0.948. The SMILES string of the molecule is CCOc1ccc(S(=O)(=O)Nc2ccc(C)c(I)c2)cc1OCC. The van der Waals surface area contributed by atoms with Gasteiger partial charge in [0.1, 0.15) is 0 Å². The maximum absolute atomic E-state index is 12.6. The Hall–Kier alpha value is -1.48. The molecule has 7 heteroatoms. The third kappa shape index (κ3) is 4.54. The van der Waals surface area contributed by atoms with E-state index in [2.05, 4.69) is 27.3 Å². The number of hydrogen-bond acceptors (Lipinski definition) is 4. The average Bonchev–Trinajstić information content (AvgIpc) is 2.53. The van der Waals surface area contributed by atoms with Gasteiger partial charge in [-0.1, -0.05) is 6.07 Å². The van der Waals surface area contributed by atoms with Crippen LogP contribution in [0.15, 0.2) is 41.3 Å². The predicted molar refractivity (Wildman–Crippen MR) is 103 cm³/mol. The van der Waals surface area contributed by atoms with Crippen LogP contribution in [0.2, 0.25) is 0 Å². The van der Waals surface area contributed by atoms with Crippen LogP contribution in [0.25, 0.3) is 0 Å². The van der Waals surface area contributed by atoms with Crippen LogP contribution >= 0.6 is 22.6 Å². The molecule has 0 fully saturated rings. The molecule has 0 saturated heterocycles. The zero-order valence-corrected chi connectivity index (χ0v) is 16.8. The summed E-state index contributed by atoms with van der Waals surface area (Å²) in [4.78, 5) is 0.130. The van der Waals surface area contributed by atoms with E-state index in [1.807, 2.05) is 26.8 Å². The topological polar surface area (TPSA) is 64.6 Å². The molecule has 0 atom stereocenters. The fourth-order valence-electron chi connectivity index (χ4n) is 2.07.